The summed E-state index contributed by atoms with van der Waals surface area (Å²) in [5, 5.41) is 11.2. The van der Waals surface area contributed by atoms with E-state index in [9.17, 15) is 4.79 Å². The van der Waals surface area contributed by atoms with Crippen LogP contribution in [0, 0.1) is 11.3 Å². The van der Waals surface area contributed by atoms with Gasteiger partial charge in [-0.3, -0.25) is 5.32 Å². The summed E-state index contributed by atoms with van der Waals surface area (Å²) >= 11 is 7.16. The van der Waals surface area contributed by atoms with Gasteiger partial charge in [-0.05, 0) is 19.1 Å². The number of allylic oxidation sites excluding steroid dienone is 1. The Hall–Kier alpha value is -1.64. The first-order chi connectivity index (χ1) is 8.67. The van der Waals surface area contributed by atoms with E-state index in [4.69, 9.17) is 16.9 Å². The maximum Gasteiger partial charge on any atom is 0.412 e. The standard InChI is InChI=1S/C12H11ClN2O2S/c1-2-17-12(16)15-10(8-14)11(13)18-9-6-4-3-5-7-9/h3-7H,2H2,1H3,(H,15,16)/b11-10-. The molecule has 0 aliphatic carbocycles. The molecule has 1 N–H and O–H groups in total. The Labute approximate surface area is 115 Å². The van der Waals surface area contributed by atoms with Gasteiger partial charge in [-0.25, -0.2) is 4.79 Å². The second-order valence-electron chi connectivity index (χ2n) is 3.02. The van der Waals surface area contributed by atoms with Crippen molar-refractivity contribution in [2.24, 2.45) is 0 Å². The maximum absolute atomic E-state index is 11.2. The summed E-state index contributed by atoms with van der Waals surface area (Å²) < 4.78 is 4.86. The molecule has 0 aliphatic heterocycles. The first-order valence-electron chi connectivity index (χ1n) is 5.14. The molecule has 0 aromatic heterocycles. The normalized spacial score (nSPS) is 11.2. The summed E-state index contributed by atoms with van der Waals surface area (Å²) in [5.41, 5.74) is -0.0241. The van der Waals surface area contributed by atoms with Crippen molar-refractivity contribution in [1.82, 2.24) is 5.32 Å². The van der Waals surface area contributed by atoms with Crippen molar-refractivity contribution >= 4 is 29.5 Å². The van der Waals surface area contributed by atoms with Crippen LogP contribution in [0.5, 0.6) is 0 Å². The van der Waals surface area contributed by atoms with Crippen molar-refractivity contribution in [2.75, 3.05) is 6.61 Å². The number of carbonyl (C=O) groups is 1. The molecular formula is C12H11ClN2O2S. The molecular weight excluding hydrogens is 272 g/mol. The van der Waals surface area contributed by atoms with E-state index >= 15 is 0 Å². The van der Waals surface area contributed by atoms with Crippen LogP contribution in [0.3, 0.4) is 0 Å². The van der Waals surface area contributed by atoms with Gasteiger partial charge < -0.3 is 4.74 Å². The second-order valence-corrected chi connectivity index (χ2v) is 4.71. The van der Waals surface area contributed by atoms with Crippen molar-refractivity contribution in [2.45, 2.75) is 11.8 Å². The van der Waals surface area contributed by atoms with Crippen LogP contribution in [0.4, 0.5) is 4.79 Å². The summed E-state index contributed by atoms with van der Waals surface area (Å²) in [5.74, 6) is 0. The van der Waals surface area contributed by atoms with Gasteiger partial charge in [0.15, 0.2) is 0 Å². The smallest absolute Gasteiger partial charge is 0.412 e. The minimum absolute atomic E-state index is 0.0241. The second kappa shape index (κ2) is 7.64. The summed E-state index contributed by atoms with van der Waals surface area (Å²) in [6.45, 7) is 1.91. The number of ether oxygens (including phenoxy) is 1. The summed E-state index contributed by atoms with van der Waals surface area (Å²) in [4.78, 5) is 12.1. The van der Waals surface area contributed by atoms with E-state index < -0.39 is 6.09 Å². The molecule has 0 radical (unpaired) electrons. The van der Waals surface area contributed by atoms with Crippen LogP contribution in [-0.4, -0.2) is 12.7 Å². The molecule has 94 valence electrons. The molecule has 1 amide bonds. The fourth-order valence-electron chi connectivity index (χ4n) is 1.03. The number of amides is 1. The third-order valence-corrected chi connectivity index (χ3v) is 3.07. The van der Waals surface area contributed by atoms with Crippen molar-refractivity contribution < 1.29 is 9.53 Å². The van der Waals surface area contributed by atoms with Crippen molar-refractivity contribution in [3.05, 3.63) is 40.4 Å². The number of hydrogen-bond donors (Lipinski definition) is 1. The third kappa shape index (κ3) is 4.70. The van der Waals surface area contributed by atoms with Gasteiger partial charge in [-0.15, -0.1) is 0 Å². The van der Waals surface area contributed by atoms with Gasteiger partial charge in [0.2, 0.25) is 0 Å². The zero-order valence-corrected chi connectivity index (χ0v) is 11.2. The number of nitrogens with zero attached hydrogens (tertiary/aromatic N) is 1. The molecule has 4 nitrogen and oxygen atoms in total. The number of nitrogens with one attached hydrogen (secondary N) is 1. The number of hydrogen-bond acceptors (Lipinski definition) is 4. The van der Waals surface area contributed by atoms with Crippen LogP contribution in [0.15, 0.2) is 45.3 Å². The van der Waals surface area contributed by atoms with E-state index in [2.05, 4.69) is 10.1 Å². The molecule has 18 heavy (non-hydrogen) atoms. The highest BCUT2D eigenvalue weighted by Crippen LogP contribution is 2.30. The summed E-state index contributed by atoms with van der Waals surface area (Å²) in [6.07, 6.45) is -0.694. The largest absolute Gasteiger partial charge is 0.450 e. The topological polar surface area (TPSA) is 62.1 Å². The van der Waals surface area contributed by atoms with Gasteiger partial charge in [-0.1, -0.05) is 41.6 Å². The predicted molar refractivity (Wildman–Crippen MR) is 70.9 cm³/mol. The number of nitriles is 1. The Balaban J connectivity index is 2.75. The monoisotopic (exact) mass is 282 g/mol. The van der Waals surface area contributed by atoms with E-state index in [1.807, 2.05) is 36.4 Å². The van der Waals surface area contributed by atoms with E-state index in [-0.39, 0.29) is 16.7 Å². The minimum Gasteiger partial charge on any atom is -0.450 e. The van der Waals surface area contributed by atoms with Crippen LogP contribution < -0.4 is 5.32 Å². The lowest BCUT2D eigenvalue weighted by Gasteiger charge is -2.05. The van der Waals surface area contributed by atoms with E-state index in [1.54, 1.807) is 6.92 Å². The van der Waals surface area contributed by atoms with Crippen LogP contribution in [0.2, 0.25) is 0 Å². The lowest BCUT2D eigenvalue weighted by Crippen LogP contribution is -2.23. The van der Waals surface area contributed by atoms with Crippen molar-refractivity contribution in [3.63, 3.8) is 0 Å². The van der Waals surface area contributed by atoms with E-state index in [0.717, 1.165) is 4.90 Å². The molecule has 0 atom stereocenters. The Kier molecular flexibility index (Phi) is 6.12. The van der Waals surface area contributed by atoms with Crippen LogP contribution in [0.1, 0.15) is 6.92 Å². The highest BCUT2D eigenvalue weighted by molar-refractivity contribution is 8.04. The van der Waals surface area contributed by atoms with Gasteiger partial charge in [0.1, 0.15) is 16.1 Å². The quantitative estimate of drug-likeness (QED) is 0.678. The number of carbonyl (C=O) groups excluding carboxylic acids is 1. The Morgan fingerprint density at radius 2 is 2.17 bits per heavy atom. The number of thioether (sulfide) groups is 1. The Morgan fingerprint density at radius 3 is 2.72 bits per heavy atom. The zero-order chi connectivity index (χ0) is 13.4. The lowest BCUT2D eigenvalue weighted by molar-refractivity contribution is 0.155. The fraction of sp³-hybridized carbons (Fsp3) is 0.167. The maximum atomic E-state index is 11.2. The average molecular weight is 283 g/mol. The van der Waals surface area contributed by atoms with Gasteiger partial charge >= 0.3 is 6.09 Å². The molecule has 1 aromatic rings. The molecule has 1 aromatic carbocycles. The number of benzene rings is 1. The predicted octanol–water partition coefficient (Wildman–Crippen LogP) is 3.46. The van der Waals surface area contributed by atoms with Crippen LogP contribution >= 0.6 is 23.4 Å². The molecule has 1 rings (SSSR count). The molecule has 0 saturated heterocycles. The lowest BCUT2D eigenvalue weighted by atomic mass is 10.4. The zero-order valence-electron chi connectivity index (χ0n) is 9.64. The number of halogens is 1. The number of alkyl carbamates (subject to hydrolysis) is 1. The first kappa shape index (κ1) is 14.4. The van der Waals surface area contributed by atoms with Crippen LogP contribution in [-0.2, 0) is 4.74 Å². The molecule has 0 fully saturated rings. The Morgan fingerprint density at radius 1 is 1.50 bits per heavy atom. The average Bonchev–Trinajstić information content (AvgIpc) is 2.37. The van der Waals surface area contributed by atoms with E-state index in [1.165, 1.54) is 11.8 Å². The molecule has 0 bridgehead atoms. The third-order valence-electron chi connectivity index (χ3n) is 1.76. The molecule has 0 aliphatic rings. The molecule has 0 heterocycles. The Bertz CT molecular complexity index is 483. The van der Waals surface area contributed by atoms with Gasteiger partial charge in [0.25, 0.3) is 0 Å². The van der Waals surface area contributed by atoms with Crippen molar-refractivity contribution in [3.8, 4) is 6.07 Å². The van der Waals surface area contributed by atoms with Gasteiger partial charge in [-0.2, -0.15) is 5.26 Å². The SMILES string of the molecule is CCOC(=O)N/C(C#N)=C(/Cl)Sc1ccccc1. The van der Waals surface area contributed by atoms with Crippen molar-refractivity contribution in [1.29, 1.82) is 5.26 Å². The van der Waals surface area contributed by atoms with Crippen LogP contribution in [0.25, 0.3) is 0 Å². The minimum atomic E-state index is -0.694. The fourth-order valence-corrected chi connectivity index (χ4v) is 2.09. The van der Waals surface area contributed by atoms with E-state index in [0.29, 0.717) is 0 Å². The molecule has 6 heteroatoms. The molecule has 0 spiro atoms. The summed E-state index contributed by atoms with van der Waals surface area (Å²) in [7, 11) is 0. The molecule has 0 saturated carbocycles. The highest BCUT2D eigenvalue weighted by Gasteiger charge is 2.10. The first-order valence-corrected chi connectivity index (χ1v) is 6.33. The highest BCUT2D eigenvalue weighted by atomic mass is 35.5. The number of rotatable bonds is 4. The van der Waals surface area contributed by atoms with Gasteiger partial charge in [0, 0.05) is 4.90 Å². The molecule has 0 unspecified atom stereocenters. The summed E-state index contributed by atoms with van der Waals surface area (Å²) in [6, 6.07) is 11.1. The van der Waals surface area contributed by atoms with Gasteiger partial charge in [0.05, 0.1) is 6.61 Å².